The summed E-state index contributed by atoms with van der Waals surface area (Å²) in [4.78, 5) is -0.663. The van der Waals surface area contributed by atoms with Crippen LogP contribution in [0.3, 0.4) is 0 Å². The summed E-state index contributed by atoms with van der Waals surface area (Å²) in [5.41, 5.74) is -5.84. The molecule has 0 aliphatic carbocycles. The van der Waals surface area contributed by atoms with Gasteiger partial charge in [0.05, 0.1) is 10.6 Å². The van der Waals surface area contributed by atoms with Gasteiger partial charge >= 0.3 is 11.7 Å². The number of hydrogen-bond acceptors (Lipinski definition) is 1. The minimum Gasteiger partial charge on any atom is -0.166 e. The molecule has 0 atom stereocenters. The predicted molar refractivity (Wildman–Crippen MR) is 48.4 cm³/mol. The Kier molecular flexibility index (Phi) is 3.69. The highest BCUT2D eigenvalue weighted by atomic mass is 35.5. The number of halogens is 7. The highest BCUT2D eigenvalue weighted by molar-refractivity contribution is 8.00. The van der Waals surface area contributed by atoms with Gasteiger partial charge in [0, 0.05) is 4.90 Å². The average Bonchev–Trinajstić information content (AvgIpc) is 2.04. The van der Waals surface area contributed by atoms with Gasteiger partial charge in [0.1, 0.15) is 0 Å². The van der Waals surface area contributed by atoms with Crippen LogP contribution >= 0.6 is 23.4 Å². The fraction of sp³-hybridized carbons (Fsp3) is 0.250. The molecule has 1 rings (SSSR count). The van der Waals surface area contributed by atoms with Crippen LogP contribution in [0.15, 0.2) is 23.1 Å². The molecule has 0 aliphatic rings. The van der Waals surface area contributed by atoms with Gasteiger partial charge in [-0.1, -0.05) is 11.6 Å². The van der Waals surface area contributed by atoms with Gasteiger partial charge in [-0.3, -0.25) is 0 Å². The topological polar surface area (TPSA) is 0 Å². The molecule has 1 aromatic rings. The summed E-state index contributed by atoms with van der Waals surface area (Å²) >= 11 is 4.69. The molecular weight excluding hydrogens is 278 g/mol. The Labute approximate surface area is 95.6 Å². The molecule has 16 heavy (non-hydrogen) atoms. The molecule has 1 aromatic carbocycles. The van der Waals surface area contributed by atoms with Crippen LogP contribution in [-0.4, -0.2) is 5.51 Å². The number of hydrogen-bond donors (Lipinski definition) is 0. The number of alkyl halides is 6. The molecule has 0 saturated carbocycles. The second-order valence-corrected chi connectivity index (χ2v) is 4.20. The van der Waals surface area contributed by atoms with Crippen LogP contribution < -0.4 is 0 Å². The highest BCUT2D eigenvalue weighted by Gasteiger charge is 2.34. The van der Waals surface area contributed by atoms with Crippen molar-refractivity contribution < 1.29 is 26.3 Å². The Morgan fingerprint density at radius 1 is 1.00 bits per heavy atom. The van der Waals surface area contributed by atoms with Gasteiger partial charge in [0.2, 0.25) is 0 Å². The third-order valence-electron chi connectivity index (χ3n) is 1.48. The summed E-state index contributed by atoms with van der Waals surface area (Å²) in [5, 5.41) is -0.365. The average molecular weight is 281 g/mol. The van der Waals surface area contributed by atoms with E-state index in [9.17, 15) is 26.3 Å². The Morgan fingerprint density at radius 3 is 2.00 bits per heavy atom. The predicted octanol–water partition coefficient (Wildman–Crippen LogP) is 4.97. The van der Waals surface area contributed by atoms with Gasteiger partial charge in [0.25, 0.3) is 0 Å². The molecular formula is C8H3ClF6S. The van der Waals surface area contributed by atoms with Crippen LogP contribution in [0.4, 0.5) is 26.3 Å². The van der Waals surface area contributed by atoms with E-state index in [1.807, 2.05) is 0 Å². The van der Waals surface area contributed by atoms with Crippen molar-refractivity contribution in [3.05, 3.63) is 28.8 Å². The molecule has 90 valence electrons. The molecule has 0 aromatic heterocycles. The first kappa shape index (κ1) is 13.5. The van der Waals surface area contributed by atoms with Crippen molar-refractivity contribution in [1.82, 2.24) is 0 Å². The van der Waals surface area contributed by atoms with Crippen LogP contribution in [0.2, 0.25) is 5.02 Å². The Bertz CT molecular complexity index is 383. The first-order valence-corrected chi connectivity index (χ1v) is 4.91. The molecule has 0 fully saturated rings. The van der Waals surface area contributed by atoms with Gasteiger partial charge in [-0.05, 0) is 30.0 Å². The lowest BCUT2D eigenvalue weighted by atomic mass is 10.2. The van der Waals surface area contributed by atoms with Crippen molar-refractivity contribution in [3.8, 4) is 0 Å². The van der Waals surface area contributed by atoms with Crippen LogP contribution in [0.1, 0.15) is 5.56 Å². The Hall–Kier alpha value is -0.560. The van der Waals surface area contributed by atoms with Crippen LogP contribution in [0.25, 0.3) is 0 Å². The van der Waals surface area contributed by atoms with Gasteiger partial charge in [0.15, 0.2) is 0 Å². The molecule has 0 radical (unpaired) electrons. The molecule has 0 bridgehead atoms. The van der Waals surface area contributed by atoms with Crippen molar-refractivity contribution in [1.29, 1.82) is 0 Å². The molecule has 0 N–H and O–H groups in total. The van der Waals surface area contributed by atoms with Crippen LogP contribution in [0.5, 0.6) is 0 Å². The smallest absolute Gasteiger partial charge is 0.166 e. The van der Waals surface area contributed by atoms with Gasteiger partial charge in [-0.25, -0.2) is 0 Å². The van der Waals surface area contributed by atoms with Gasteiger partial charge in [-0.15, -0.1) is 0 Å². The first-order valence-electron chi connectivity index (χ1n) is 3.72. The zero-order valence-corrected chi connectivity index (χ0v) is 8.86. The van der Waals surface area contributed by atoms with Crippen LogP contribution in [-0.2, 0) is 6.18 Å². The van der Waals surface area contributed by atoms with E-state index in [1.165, 1.54) is 0 Å². The standard InChI is InChI=1S/C8H3ClF6S/c9-5-2-1-4(7(10,11)12)3-6(5)16-8(13,14)15/h1-3H. The van der Waals surface area contributed by atoms with E-state index in [1.54, 1.807) is 0 Å². The van der Waals surface area contributed by atoms with Crippen LogP contribution in [0, 0.1) is 0 Å². The zero-order valence-electron chi connectivity index (χ0n) is 7.29. The number of thioether (sulfide) groups is 1. The molecule has 0 heterocycles. The summed E-state index contributed by atoms with van der Waals surface area (Å²) in [6.07, 6.45) is -4.69. The second kappa shape index (κ2) is 4.37. The fourth-order valence-electron chi connectivity index (χ4n) is 0.883. The minimum atomic E-state index is -4.69. The monoisotopic (exact) mass is 280 g/mol. The van der Waals surface area contributed by atoms with Crippen molar-refractivity contribution in [2.45, 2.75) is 16.6 Å². The van der Waals surface area contributed by atoms with E-state index in [2.05, 4.69) is 0 Å². The lowest BCUT2D eigenvalue weighted by Crippen LogP contribution is -2.06. The lowest BCUT2D eigenvalue weighted by Gasteiger charge is -2.11. The van der Waals surface area contributed by atoms with Gasteiger partial charge in [-0.2, -0.15) is 26.3 Å². The van der Waals surface area contributed by atoms with Crippen molar-refractivity contribution in [2.75, 3.05) is 0 Å². The zero-order chi connectivity index (χ0) is 12.6. The summed E-state index contributed by atoms with van der Waals surface area (Å²) in [6, 6.07) is 1.79. The van der Waals surface area contributed by atoms with E-state index >= 15 is 0 Å². The van der Waals surface area contributed by atoms with Crippen molar-refractivity contribution in [3.63, 3.8) is 0 Å². The summed E-state index contributed by atoms with van der Waals surface area (Å²) in [5.74, 6) is 0. The molecule has 0 saturated heterocycles. The molecule has 0 nitrogen and oxygen atoms in total. The van der Waals surface area contributed by atoms with Gasteiger partial charge < -0.3 is 0 Å². The van der Waals surface area contributed by atoms with E-state index in [-0.39, 0.29) is 5.02 Å². The SMILES string of the molecule is FC(F)(F)Sc1cc(C(F)(F)F)ccc1Cl. The summed E-state index contributed by atoms with van der Waals surface area (Å²) < 4.78 is 72.5. The van der Waals surface area contributed by atoms with E-state index in [0.29, 0.717) is 12.1 Å². The van der Waals surface area contributed by atoms with Crippen molar-refractivity contribution in [2.24, 2.45) is 0 Å². The Balaban J connectivity index is 3.10. The normalized spacial score (nSPS) is 12.9. The summed E-state index contributed by atoms with van der Waals surface area (Å²) in [6.45, 7) is 0. The molecule has 0 unspecified atom stereocenters. The quantitative estimate of drug-likeness (QED) is 0.517. The largest absolute Gasteiger partial charge is 0.446 e. The van der Waals surface area contributed by atoms with E-state index in [4.69, 9.17) is 11.6 Å². The summed E-state index contributed by atoms with van der Waals surface area (Å²) in [7, 11) is 0. The second-order valence-electron chi connectivity index (χ2n) is 2.69. The lowest BCUT2D eigenvalue weighted by molar-refractivity contribution is -0.137. The highest BCUT2D eigenvalue weighted by Crippen LogP contribution is 2.42. The van der Waals surface area contributed by atoms with E-state index in [0.717, 1.165) is 6.07 Å². The molecule has 0 amide bonds. The number of benzene rings is 1. The third-order valence-corrected chi connectivity index (χ3v) is 2.71. The maximum absolute atomic E-state index is 12.2. The maximum atomic E-state index is 12.2. The number of rotatable bonds is 1. The maximum Gasteiger partial charge on any atom is 0.446 e. The molecule has 0 aliphatic heterocycles. The van der Waals surface area contributed by atoms with Crippen molar-refractivity contribution >= 4 is 23.4 Å². The Morgan fingerprint density at radius 2 is 1.56 bits per heavy atom. The molecule has 8 heteroatoms. The minimum absolute atomic E-state index is 0.365. The first-order chi connectivity index (χ1) is 7.09. The van der Waals surface area contributed by atoms with E-state index < -0.39 is 33.9 Å². The third kappa shape index (κ3) is 3.79. The fourth-order valence-corrected chi connectivity index (χ4v) is 1.72. The molecule has 0 spiro atoms.